The van der Waals surface area contributed by atoms with Crippen LogP contribution in [-0.2, 0) is 0 Å². The molecule has 2 nitrogen and oxygen atoms in total. The summed E-state index contributed by atoms with van der Waals surface area (Å²) < 4.78 is 0. The van der Waals surface area contributed by atoms with Crippen LogP contribution in [0.3, 0.4) is 0 Å². The van der Waals surface area contributed by atoms with E-state index < -0.39 is 0 Å². The lowest BCUT2D eigenvalue weighted by atomic mass is 9.95. The number of hydrogen-bond donors (Lipinski definition) is 0. The lowest BCUT2D eigenvalue weighted by Gasteiger charge is -2.28. The van der Waals surface area contributed by atoms with Crippen LogP contribution in [0.1, 0.15) is 51.4 Å². The Morgan fingerprint density at radius 3 is 2.60 bits per heavy atom. The Morgan fingerprint density at radius 1 is 1.20 bits per heavy atom. The fourth-order valence-electron chi connectivity index (χ4n) is 2.00. The molecule has 15 heavy (non-hydrogen) atoms. The van der Waals surface area contributed by atoms with Gasteiger partial charge in [-0.3, -0.25) is 0 Å². The van der Waals surface area contributed by atoms with E-state index in [1.54, 1.807) is 0 Å². The molecule has 82 valence electrons. The molecule has 0 unspecified atom stereocenters. The van der Waals surface area contributed by atoms with Gasteiger partial charge in [-0.2, -0.15) is 5.26 Å². The third-order valence-corrected chi connectivity index (χ3v) is 2.97. The van der Waals surface area contributed by atoms with Crippen LogP contribution in [0.5, 0.6) is 0 Å². The highest BCUT2D eigenvalue weighted by molar-refractivity contribution is 5.00. The zero-order valence-electron chi connectivity index (χ0n) is 9.63. The lowest BCUT2D eigenvalue weighted by molar-refractivity contribution is 0.266. The number of hydrogen-bond acceptors (Lipinski definition) is 2. The second kappa shape index (κ2) is 7.18. The van der Waals surface area contributed by atoms with Gasteiger partial charge in [0.15, 0.2) is 0 Å². The van der Waals surface area contributed by atoms with Gasteiger partial charge in [0, 0.05) is 32.0 Å². The highest BCUT2D eigenvalue weighted by Crippen LogP contribution is 2.20. The van der Waals surface area contributed by atoms with Crippen LogP contribution in [0, 0.1) is 23.3 Å². The molecule has 0 atom stereocenters. The van der Waals surface area contributed by atoms with Crippen molar-refractivity contribution in [2.75, 3.05) is 7.05 Å². The van der Waals surface area contributed by atoms with Crippen molar-refractivity contribution in [3.05, 3.63) is 0 Å². The summed E-state index contributed by atoms with van der Waals surface area (Å²) in [5.41, 5.74) is 0. The van der Waals surface area contributed by atoms with Gasteiger partial charge in [-0.25, -0.2) is 0 Å². The van der Waals surface area contributed by atoms with Gasteiger partial charge >= 0.3 is 0 Å². The van der Waals surface area contributed by atoms with Crippen LogP contribution in [0.15, 0.2) is 0 Å². The summed E-state index contributed by atoms with van der Waals surface area (Å²) in [5, 5.41) is 8.37. The summed E-state index contributed by atoms with van der Waals surface area (Å²) in [6.07, 6.45) is 9.07. The van der Waals surface area contributed by atoms with E-state index in [2.05, 4.69) is 30.0 Å². The number of rotatable bonds is 3. The molecule has 0 spiro atoms. The molecule has 0 saturated heterocycles. The van der Waals surface area contributed by atoms with Crippen molar-refractivity contribution in [1.82, 2.24) is 4.90 Å². The third kappa shape index (κ3) is 4.75. The largest absolute Gasteiger partial charge is 0.333 e. The summed E-state index contributed by atoms with van der Waals surface area (Å²) in [5.74, 6) is 3.14. The summed E-state index contributed by atoms with van der Waals surface area (Å²) >= 11 is 0. The van der Waals surface area contributed by atoms with Gasteiger partial charge in [0.2, 0.25) is 0 Å². The average Bonchev–Trinajstić information content (AvgIpc) is 2.30. The smallest absolute Gasteiger partial charge is 0.0622 e. The van der Waals surface area contributed by atoms with Crippen LogP contribution in [0.2, 0.25) is 0 Å². The first-order chi connectivity index (χ1) is 7.34. The summed E-state index contributed by atoms with van der Waals surface area (Å²) in [6, 6.07) is 5.99. The normalized spacial score (nSPS) is 16.3. The number of nitrogens with zero attached hydrogens (tertiary/aromatic N) is 2. The Labute approximate surface area is 93.3 Å². The number of unbranched alkanes of at least 4 members (excludes halogenated alkanes) is 2. The molecule has 0 N–H and O–H groups in total. The number of nitriles is 1. The van der Waals surface area contributed by atoms with E-state index >= 15 is 0 Å². The van der Waals surface area contributed by atoms with Crippen molar-refractivity contribution in [3.8, 4) is 18.0 Å². The van der Waals surface area contributed by atoms with Gasteiger partial charge in [0.25, 0.3) is 0 Å². The van der Waals surface area contributed by atoms with Crippen LogP contribution in [0.4, 0.5) is 0 Å². The molecule has 1 aliphatic rings. The van der Waals surface area contributed by atoms with Crippen LogP contribution in [-0.4, -0.2) is 18.0 Å². The predicted molar refractivity (Wildman–Crippen MR) is 61.9 cm³/mol. The maximum atomic E-state index is 8.37. The van der Waals surface area contributed by atoms with E-state index in [0.717, 1.165) is 12.8 Å². The van der Waals surface area contributed by atoms with Crippen molar-refractivity contribution in [1.29, 1.82) is 5.26 Å². The monoisotopic (exact) mass is 204 g/mol. The van der Waals surface area contributed by atoms with E-state index in [9.17, 15) is 0 Å². The Hall–Kier alpha value is -1.15. The van der Waals surface area contributed by atoms with Gasteiger partial charge in [-0.1, -0.05) is 25.2 Å². The molecule has 1 saturated carbocycles. The van der Waals surface area contributed by atoms with E-state index in [-0.39, 0.29) is 0 Å². The Bertz CT molecular complexity index is 260. The second-order valence-corrected chi connectivity index (χ2v) is 4.20. The maximum absolute atomic E-state index is 8.37. The molecular weight excluding hydrogens is 184 g/mol. The molecule has 0 aromatic carbocycles. The van der Waals surface area contributed by atoms with Gasteiger partial charge in [0.1, 0.15) is 0 Å². The molecule has 0 aromatic heterocycles. The quantitative estimate of drug-likeness (QED) is 0.401. The predicted octanol–water partition coefficient (Wildman–Crippen LogP) is 2.91. The molecule has 0 aromatic rings. The minimum absolute atomic E-state index is 0.627. The molecule has 0 radical (unpaired) electrons. The topological polar surface area (TPSA) is 27.0 Å². The summed E-state index contributed by atoms with van der Waals surface area (Å²) in [6.45, 7) is 0. The highest BCUT2D eigenvalue weighted by Gasteiger charge is 2.15. The van der Waals surface area contributed by atoms with Crippen LogP contribution >= 0.6 is 0 Å². The Morgan fingerprint density at radius 2 is 1.93 bits per heavy atom. The van der Waals surface area contributed by atoms with E-state index in [4.69, 9.17) is 5.26 Å². The van der Waals surface area contributed by atoms with Gasteiger partial charge in [-0.15, -0.1) is 0 Å². The van der Waals surface area contributed by atoms with Crippen molar-refractivity contribution in [3.63, 3.8) is 0 Å². The SMILES string of the molecule is CN(C#CCCCC#N)C1CCCCC1. The van der Waals surface area contributed by atoms with Crippen molar-refractivity contribution in [2.45, 2.75) is 57.4 Å². The molecule has 0 bridgehead atoms. The van der Waals surface area contributed by atoms with E-state index in [1.807, 2.05) is 0 Å². The molecule has 1 rings (SSSR count). The van der Waals surface area contributed by atoms with Gasteiger partial charge in [0.05, 0.1) is 6.07 Å². The third-order valence-electron chi connectivity index (χ3n) is 2.97. The summed E-state index contributed by atoms with van der Waals surface area (Å²) in [7, 11) is 2.09. The molecule has 1 fully saturated rings. The van der Waals surface area contributed by atoms with Crippen molar-refractivity contribution < 1.29 is 0 Å². The van der Waals surface area contributed by atoms with Crippen LogP contribution < -0.4 is 0 Å². The first-order valence-electron chi connectivity index (χ1n) is 5.93. The minimum Gasteiger partial charge on any atom is -0.333 e. The highest BCUT2D eigenvalue weighted by atomic mass is 15.1. The van der Waals surface area contributed by atoms with Gasteiger partial charge in [-0.05, 0) is 19.3 Å². The second-order valence-electron chi connectivity index (χ2n) is 4.20. The molecule has 1 aliphatic carbocycles. The molecule has 0 aliphatic heterocycles. The lowest BCUT2D eigenvalue weighted by Crippen LogP contribution is -2.29. The van der Waals surface area contributed by atoms with Crippen LogP contribution in [0.25, 0.3) is 0 Å². The van der Waals surface area contributed by atoms with E-state index in [1.165, 1.54) is 32.1 Å². The molecule has 0 heterocycles. The first-order valence-corrected chi connectivity index (χ1v) is 5.93. The molecular formula is C13H20N2. The molecule has 2 heteroatoms. The zero-order valence-corrected chi connectivity index (χ0v) is 9.63. The van der Waals surface area contributed by atoms with Gasteiger partial charge < -0.3 is 4.90 Å². The average molecular weight is 204 g/mol. The van der Waals surface area contributed by atoms with Crippen molar-refractivity contribution in [2.24, 2.45) is 0 Å². The summed E-state index contributed by atoms with van der Waals surface area (Å²) in [4.78, 5) is 2.17. The van der Waals surface area contributed by atoms with Crippen molar-refractivity contribution >= 4 is 0 Å². The Kier molecular flexibility index (Phi) is 5.71. The maximum Gasteiger partial charge on any atom is 0.0622 e. The Balaban J connectivity index is 2.21. The zero-order chi connectivity index (χ0) is 10.9. The van der Waals surface area contributed by atoms with E-state index in [0.29, 0.717) is 12.5 Å². The standard InChI is InChI=1S/C13H20N2/c1-15(12-8-3-2-7-11-14)13-9-5-4-6-10-13/h13H,2-7,9-10H2,1H3. The molecule has 0 amide bonds. The fraction of sp³-hybridized carbons (Fsp3) is 0.769. The minimum atomic E-state index is 0.627. The fourth-order valence-corrected chi connectivity index (χ4v) is 2.00. The first kappa shape index (κ1) is 11.9.